The number of likely N-dealkylation sites (tertiary alicyclic amines) is 1. The minimum atomic E-state index is 0.690. The zero-order valence-corrected chi connectivity index (χ0v) is 8.31. The minimum Gasteiger partial charge on any atom is -0.298 e. The smallest absolute Gasteiger partial charge is 0.0210 e. The second kappa shape index (κ2) is 3.37. The Kier molecular flexibility index (Phi) is 2.40. The first-order chi connectivity index (χ1) is 5.87. The van der Waals surface area contributed by atoms with Gasteiger partial charge in [-0.1, -0.05) is 19.8 Å². The van der Waals surface area contributed by atoms with Crippen molar-refractivity contribution in [3.8, 4) is 0 Å². The molecular formula is C11H21N. The summed E-state index contributed by atoms with van der Waals surface area (Å²) in [7, 11) is 0. The van der Waals surface area contributed by atoms with Crippen molar-refractivity contribution in [1.29, 1.82) is 0 Å². The third-order valence-electron chi connectivity index (χ3n) is 3.77. The Morgan fingerprint density at radius 1 is 1.08 bits per heavy atom. The average molecular weight is 167 g/mol. The predicted molar refractivity (Wildman–Crippen MR) is 52.3 cm³/mol. The quantitative estimate of drug-likeness (QED) is 0.611. The minimum absolute atomic E-state index is 0.690. The molecule has 2 fully saturated rings. The summed E-state index contributed by atoms with van der Waals surface area (Å²) < 4.78 is 0. The SMILES string of the molecule is CCCN1CCCC12CCCC2. The molecule has 0 radical (unpaired) electrons. The predicted octanol–water partition coefficient (Wildman–Crippen LogP) is 2.81. The first kappa shape index (κ1) is 8.55. The third kappa shape index (κ3) is 1.28. The molecule has 0 N–H and O–H groups in total. The molecule has 1 heteroatoms. The largest absolute Gasteiger partial charge is 0.298 e. The van der Waals surface area contributed by atoms with E-state index >= 15 is 0 Å². The molecule has 1 saturated carbocycles. The van der Waals surface area contributed by atoms with E-state index in [2.05, 4.69) is 11.8 Å². The van der Waals surface area contributed by atoms with Crippen LogP contribution in [0, 0.1) is 0 Å². The van der Waals surface area contributed by atoms with Crippen molar-refractivity contribution in [2.45, 2.75) is 57.4 Å². The van der Waals surface area contributed by atoms with E-state index in [9.17, 15) is 0 Å². The molecule has 1 aliphatic carbocycles. The number of nitrogens with zero attached hydrogens (tertiary/aromatic N) is 1. The van der Waals surface area contributed by atoms with Crippen LogP contribution in [0.5, 0.6) is 0 Å². The molecule has 12 heavy (non-hydrogen) atoms. The molecule has 0 unspecified atom stereocenters. The van der Waals surface area contributed by atoms with E-state index in [1.54, 1.807) is 0 Å². The summed E-state index contributed by atoms with van der Waals surface area (Å²) in [5, 5.41) is 0. The van der Waals surface area contributed by atoms with E-state index in [-0.39, 0.29) is 0 Å². The molecule has 0 amide bonds. The van der Waals surface area contributed by atoms with E-state index in [4.69, 9.17) is 0 Å². The summed E-state index contributed by atoms with van der Waals surface area (Å²) in [6.45, 7) is 5.04. The molecule has 1 heterocycles. The second-order valence-corrected chi connectivity index (χ2v) is 4.52. The fraction of sp³-hybridized carbons (Fsp3) is 1.00. The molecular weight excluding hydrogens is 146 g/mol. The van der Waals surface area contributed by atoms with E-state index in [0.717, 1.165) is 0 Å². The molecule has 0 atom stereocenters. The van der Waals surface area contributed by atoms with Crippen molar-refractivity contribution in [2.75, 3.05) is 13.1 Å². The highest BCUT2D eigenvalue weighted by Gasteiger charge is 2.41. The third-order valence-corrected chi connectivity index (χ3v) is 3.77. The molecule has 1 saturated heterocycles. The van der Waals surface area contributed by atoms with Crippen molar-refractivity contribution in [2.24, 2.45) is 0 Å². The molecule has 0 bridgehead atoms. The zero-order chi connectivity index (χ0) is 8.44. The van der Waals surface area contributed by atoms with Gasteiger partial charge in [0.05, 0.1) is 0 Å². The summed E-state index contributed by atoms with van der Waals surface area (Å²) in [4.78, 5) is 2.78. The summed E-state index contributed by atoms with van der Waals surface area (Å²) in [6, 6.07) is 0. The van der Waals surface area contributed by atoms with Gasteiger partial charge in [-0.2, -0.15) is 0 Å². The molecule has 1 aliphatic heterocycles. The van der Waals surface area contributed by atoms with Crippen LogP contribution in [-0.4, -0.2) is 23.5 Å². The van der Waals surface area contributed by atoms with Gasteiger partial charge >= 0.3 is 0 Å². The summed E-state index contributed by atoms with van der Waals surface area (Å²) >= 11 is 0. The number of hydrogen-bond donors (Lipinski definition) is 0. The van der Waals surface area contributed by atoms with Gasteiger partial charge in [-0.05, 0) is 45.2 Å². The van der Waals surface area contributed by atoms with Gasteiger partial charge in [0, 0.05) is 5.54 Å². The highest BCUT2D eigenvalue weighted by molar-refractivity contribution is 4.98. The van der Waals surface area contributed by atoms with Crippen molar-refractivity contribution < 1.29 is 0 Å². The lowest BCUT2D eigenvalue weighted by Crippen LogP contribution is -2.41. The fourth-order valence-electron chi connectivity index (χ4n) is 3.21. The summed E-state index contributed by atoms with van der Waals surface area (Å²) in [6.07, 6.45) is 10.2. The van der Waals surface area contributed by atoms with Crippen LogP contribution in [0.25, 0.3) is 0 Å². The van der Waals surface area contributed by atoms with Crippen molar-refractivity contribution >= 4 is 0 Å². The molecule has 0 aromatic carbocycles. The number of rotatable bonds is 2. The van der Waals surface area contributed by atoms with Crippen molar-refractivity contribution in [3.63, 3.8) is 0 Å². The van der Waals surface area contributed by atoms with Gasteiger partial charge in [0.2, 0.25) is 0 Å². The number of hydrogen-bond acceptors (Lipinski definition) is 1. The van der Waals surface area contributed by atoms with E-state index in [0.29, 0.717) is 5.54 Å². The first-order valence-electron chi connectivity index (χ1n) is 5.62. The highest BCUT2D eigenvalue weighted by Crippen LogP contribution is 2.42. The summed E-state index contributed by atoms with van der Waals surface area (Å²) in [5.74, 6) is 0. The van der Waals surface area contributed by atoms with Crippen LogP contribution in [0.15, 0.2) is 0 Å². The van der Waals surface area contributed by atoms with Gasteiger partial charge < -0.3 is 0 Å². The molecule has 1 spiro atoms. The fourth-order valence-corrected chi connectivity index (χ4v) is 3.21. The maximum absolute atomic E-state index is 2.78. The van der Waals surface area contributed by atoms with Gasteiger partial charge in [0.1, 0.15) is 0 Å². The van der Waals surface area contributed by atoms with Gasteiger partial charge in [-0.15, -0.1) is 0 Å². The maximum Gasteiger partial charge on any atom is 0.0210 e. The van der Waals surface area contributed by atoms with E-state index in [1.165, 1.54) is 58.0 Å². The Morgan fingerprint density at radius 2 is 1.75 bits per heavy atom. The van der Waals surface area contributed by atoms with Gasteiger partial charge in [0.25, 0.3) is 0 Å². The Hall–Kier alpha value is -0.0400. The second-order valence-electron chi connectivity index (χ2n) is 4.52. The molecule has 0 aromatic heterocycles. The van der Waals surface area contributed by atoms with Crippen LogP contribution in [0.3, 0.4) is 0 Å². The molecule has 2 rings (SSSR count). The highest BCUT2D eigenvalue weighted by atomic mass is 15.2. The standard InChI is InChI=1S/C11H21N/c1-2-9-12-10-5-8-11(12)6-3-4-7-11/h2-10H2,1H3. The van der Waals surface area contributed by atoms with Crippen LogP contribution in [-0.2, 0) is 0 Å². The Bertz CT molecular complexity index is 142. The van der Waals surface area contributed by atoms with Crippen molar-refractivity contribution in [3.05, 3.63) is 0 Å². The van der Waals surface area contributed by atoms with E-state index in [1.807, 2.05) is 0 Å². The van der Waals surface area contributed by atoms with E-state index < -0.39 is 0 Å². The normalized spacial score (nSPS) is 28.8. The molecule has 1 nitrogen and oxygen atoms in total. The lowest BCUT2D eigenvalue weighted by atomic mass is 9.94. The van der Waals surface area contributed by atoms with Crippen LogP contribution < -0.4 is 0 Å². The molecule has 2 aliphatic rings. The van der Waals surface area contributed by atoms with Crippen LogP contribution >= 0.6 is 0 Å². The summed E-state index contributed by atoms with van der Waals surface area (Å²) in [5.41, 5.74) is 0.690. The Balaban J connectivity index is 2.01. The van der Waals surface area contributed by atoms with Crippen LogP contribution in [0.1, 0.15) is 51.9 Å². The monoisotopic (exact) mass is 167 g/mol. The van der Waals surface area contributed by atoms with Gasteiger partial charge in [-0.3, -0.25) is 4.90 Å². The zero-order valence-electron chi connectivity index (χ0n) is 8.31. The topological polar surface area (TPSA) is 3.24 Å². The maximum atomic E-state index is 2.78. The average Bonchev–Trinajstić information content (AvgIpc) is 2.66. The van der Waals surface area contributed by atoms with Crippen molar-refractivity contribution in [1.82, 2.24) is 4.90 Å². The lowest BCUT2D eigenvalue weighted by Gasteiger charge is -2.34. The van der Waals surface area contributed by atoms with Gasteiger partial charge in [0.15, 0.2) is 0 Å². The van der Waals surface area contributed by atoms with Gasteiger partial charge in [-0.25, -0.2) is 0 Å². The Morgan fingerprint density at radius 3 is 2.42 bits per heavy atom. The van der Waals surface area contributed by atoms with Crippen LogP contribution in [0.2, 0.25) is 0 Å². The Labute approximate surface area is 76.1 Å². The molecule has 70 valence electrons. The first-order valence-corrected chi connectivity index (χ1v) is 5.62. The van der Waals surface area contributed by atoms with Crippen LogP contribution in [0.4, 0.5) is 0 Å². The lowest BCUT2D eigenvalue weighted by molar-refractivity contribution is 0.143. The molecule has 0 aromatic rings.